The van der Waals surface area contributed by atoms with E-state index in [9.17, 15) is 9.59 Å². The molecule has 0 bridgehead atoms. The number of rotatable bonds is 9. The van der Waals surface area contributed by atoms with Crippen molar-refractivity contribution in [3.05, 3.63) is 96.3 Å². The number of pyridine rings is 1. The van der Waals surface area contributed by atoms with Gasteiger partial charge in [0, 0.05) is 6.20 Å². The second kappa shape index (κ2) is 11.0. The fraction of sp³-hybridized carbons (Fsp3) is 0.240. The Hall–Kier alpha value is -3.51. The molecule has 1 aromatic heterocycles. The highest BCUT2D eigenvalue weighted by atomic mass is 16.5. The number of hydrogen-bond acceptors (Lipinski definition) is 5. The summed E-state index contributed by atoms with van der Waals surface area (Å²) in [6.45, 7) is 1.82. The number of hydrogen-bond donors (Lipinski definition) is 1. The van der Waals surface area contributed by atoms with Crippen LogP contribution in [0, 0.1) is 0 Å². The van der Waals surface area contributed by atoms with Crippen molar-refractivity contribution in [3.8, 4) is 0 Å². The largest absolute Gasteiger partial charge is 0.461 e. The first kappa shape index (κ1) is 22.2. The Kier molecular flexibility index (Phi) is 7.90. The molecule has 0 radical (unpaired) electrons. The van der Waals surface area contributed by atoms with Crippen LogP contribution < -0.4 is 10.6 Å². The average molecular weight is 418 g/mol. The molecule has 31 heavy (non-hydrogen) atoms. The first-order valence-corrected chi connectivity index (χ1v) is 10.3. The first-order chi connectivity index (χ1) is 15.0. The topological polar surface area (TPSA) is 85.5 Å². The van der Waals surface area contributed by atoms with E-state index in [0.29, 0.717) is 12.1 Å². The van der Waals surface area contributed by atoms with Crippen LogP contribution in [0.15, 0.2) is 85.2 Å². The van der Waals surface area contributed by atoms with Gasteiger partial charge in [-0.15, -0.1) is 0 Å². The third-order valence-corrected chi connectivity index (χ3v) is 4.88. The lowest BCUT2D eigenvalue weighted by Crippen LogP contribution is -2.49. The maximum absolute atomic E-state index is 13.1. The number of carbonyl (C=O) groups is 2. The number of ether oxygens (including phenoxy) is 1. The Balaban J connectivity index is 1.84. The minimum absolute atomic E-state index is 0.0368. The highest BCUT2D eigenvalue weighted by Crippen LogP contribution is 2.22. The molecule has 2 aromatic carbocycles. The molecule has 0 aliphatic carbocycles. The summed E-state index contributed by atoms with van der Waals surface area (Å²) in [7, 11) is 0. The molecular formula is C25H27N3O3. The number of aromatic nitrogens is 1. The Bertz CT molecular complexity index is 963. The molecular weight excluding hydrogens is 390 g/mol. The summed E-state index contributed by atoms with van der Waals surface area (Å²) in [6, 6.07) is 21.6. The van der Waals surface area contributed by atoms with Crippen LogP contribution in [-0.4, -0.2) is 28.9 Å². The Morgan fingerprint density at radius 3 is 2.19 bits per heavy atom. The van der Waals surface area contributed by atoms with Gasteiger partial charge in [-0.3, -0.25) is 14.6 Å². The Labute approximate surface area is 182 Å². The lowest BCUT2D eigenvalue weighted by atomic mass is 10.00. The zero-order valence-corrected chi connectivity index (χ0v) is 17.6. The van der Waals surface area contributed by atoms with Gasteiger partial charge in [-0.1, -0.05) is 60.7 Å². The number of nitrogens with two attached hydrogens (primary N) is 1. The van der Waals surface area contributed by atoms with E-state index in [1.165, 1.54) is 0 Å². The van der Waals surface area contributed by atoms with Crippen molar-refractivity contribution >= 4 is 17.6 Å². The molecule has 2 N–H and O–H groups in total. The van der Waals surface area contributed by atoms with Crippen LogP contribution >= 0.6 is 0 Å². The number of carbonyl (C=O) groups excluding carboxylic acids is 2. The normalized spacial score (nSPS) is 12.6. The van der Waals surface area contributed by atoms with Crippen LogP contribution in [0.3, 0.4) is 0 Å². The molecule has 3 rings (SSSR count). The van der Waals surface area contributed by atoms with Crippen LogP contribution in [0.4, 0.5) is 5.69 Å². The third kappa shape index (κ3) is 6.49. The van der Waals surface area contributed by atoms with Gasteiger partial charge in [-0.2, -0.15) is 0 Å². The van der Waals surface area contributed by atoms with Crippen LogP contribution in [0.5, 0.6) is 0 Å². The minimum Gasteiger partial charge on any atom is -0.461 e. The summed E-state index contributed by atoms with van der Waals surface area (Å²) in [4.78, 5) is 31.5. The van der Waals surface area contributed by atoms with Crippen LogP contribution in [0.2, 0.25) is 0 Å². The molecule has 1 amide bonds. The maximum atomic E-state index is 13.1. The quantitative estimate of drug-likeness (QED) is 0.539. The fourth-order valence-corrected chi connectivity index (χ4v) is 3.36. The van der Waals surface area contributed by atoms with E-state index in [1.807, 2.05) is 60.7 Å². The van der Waals surface area contributed by atoms with Crippen molar-refractivity contribution in [1.82, 2.24) is 4.98 Å². The lowest BCUT2D eigenvalue weighted by molar-refractivity contribution is -0.145. The summed E-state index contributed by atoms with van der Waals surface area (Å²) < 4.78 is 5.50. The molecule has 3 aromatic rings. The van der Waals surface area contributed by atoms with E-state index >= 15 is 0 Å². The lowest BCUT2D eigenvalue weighted by Gasteiger charge is -2.32. The van der Waals surface area contributed by atoms with E-state index < -0.39 is 12.1 Å². The summed E-state index contributed by atoms with van der Waals surface area (Å²) in [5, 5.41) is 0. The Morgan fingerprint density at radius 1 is 0.968 bits per heavy atom. The van der Waals surface area contributed by atoms with Crippen molar-refractivity contribution in [2.75, 3.05) is 4.90 Å². The van der Waals surface area contributed by atoms with Gasteiger partial charge in [0.05, 0.1) is 30.4 Å². The highest BCUT2D eigenvalue weighted by Gasteiger charge is 2.30. The summed E-state index contributed by atoms with van der Waals surface area (Å²) in [5.74, 6) is -0.652. The highest BCUT2D eigenvalue weighted by molar-refractivity contribution is 5.97. The van der Waals surface area contributed by atoms with Crippen LogP contribution in [0.25, 0.3) is 0 Å². The molecule has 6 nitrogen and oxygen atoms in total. The average Bonchev–Trinajstić information content (AvgIpc) is 2.80. The second-order valence-electron chi connectivity index (χ2n) is 7.40. The standard InChI is InChI=1S/C25H27N3O3/c1-19(26)25(30)28(22-13-8-14-27-17-22)23(15-20-9-4-2-5-10-20)16-24(29)31-18-21-11-6-3-7-12-21/h2-14,17,19,23H,15-16,18,26H2,1H3/t19-,23+/m0/s1. The smallest absolute Gasteiger partial charge is 0.308 e. The molecule has 0 aliphatic rings. The van der Waals surface area contributed by atoms with Crippen molar-refractivity contribution in [2.45, 2.75) is 38.5 Å². The van der Waals surface area contributed by atoms with Gasteiger partial charge >= 0.3 is 5.97 Å². The minimum atomic E-state index is -0.723. The zero-order valence-electron chi connectivity index (χ0n) is 17.6. The maximum Gasteiger partial charge on any atom is 0.308 e. The molecule has 0 saturated carbocycles. The number of nitrogens with zero attached hydrogens (tertiary/aromatic N) is 2. The van der Waals surface area contributed by atoms with Gasteiger partial charge in [0.2, 0.25) is 5.91 Å². The van der Waals surface area contributed by atoms with Crippen LogP contribution in [0.1, 0.15) is 24.5 Å². The summed E-state index contributed by atoms with van der Waals surface area (Å²) in [5.41, 5.74) is 8.46. The molecule has 0 unspecified atom stereocenters. The monoisotopic (exact) mass is 417 g/mol. The number of benzene rings is 2. The number of anilines is 1. The van der Waals surface area contributed by atoms with Gasteiger partial charge in [0.25, 0.3) is 0 Å². The summed E-state index contributed by atoms with van der Waals surface area (Å²) >= 11 is 0. The molecule has 1 heterocycles. The van der Waals surface area contributed by atoms with E-state index in [-0.39, 0.29) is 24.9 Å². The van der Waals surface area contributed by atoms with Gasteiger partial charge < -0.3 is 15.4 Å². The van der Waals surface area contributed by atoms with Crippen molar-refractivity contribution < 1.29 is 14.3 Å². The Morgan fingerprint density at radius 2 is 1.61 bits per heavy atom. The van der Waals surface area contributed by atoms with Crippen molar-refractivity contribution in [2.24, 2.45) is 5.73 Å². The molecule has 160 valence electrons. The molecule has 0 spiro atoms. The van der Waals surface area contributed by atoms with Crippen molar-refractivity contribution in [1.29, 1.82) is 0 Å². The number of amides is 1. The fourth-order valence-electron chi connectivity index (χ4n) is 3.36. The molecule has 0 fully saturated rings. The summed E-state index contributed by atoms with van der Waals surface area (Å²) in [6.07, 6.45) is 3.76. The zero-order chi connectivity index (χ0) is 22.1. The van der Waals surface area contributed by atoms with E-state index in [0.717, 1.165) is 11.1 Å². The van der Waals surface area contributed by atoms with Crippen molar-refractivity contribution in [3.63, 3.8) is 0 Å². The predicted octanol–water partition coefficient (Wildman–Crippen LogP) is 3.51. The SMILES string of the molecule is C[C@H](N)C(=O)N(c1cccnc1)[C@@H](CC(=O)OCc1ccccc1)Cc1ccccc1. The molecule has 6 heteroatoms. The van der Waals surface area contributed by atoms with Gasteiger partial charge in [-0.05, 0) is 36.6 Å². The van der Waals surface area contributed by atoms with E-state index in [2.05, 4.69) is 4.98 Å². The molecule has 0 saturated heterocycles. The molecule has 2 atom stereocenters. The van der Waals surface area contributed by atoms with Crippen LogP contribution in [-0.2, 0) is 27.4 Å². The van der Waals surface area contributed by atoms with Gasteiger partial charge in [0.15, 0.2) is 0 Å². The van der Waals surface area contributed by atoms with Gasteiger partial charge in [0.1, 0.15) is 6.61 Å². The van der Waals surface area contributed by atoms with E-state index in [4.69, 9.17) is 10.5 Å². The molecule has 0 aliphatic heterocycles. The number of esters is 1. The first-order valence-electron chi connectivity index (χ1n) is 10.3. The third-order valence-electron chi connectivity index (χ3n) is 4.88. The van der Waals surface area contributed by atoms with E-state index in [1.54, 1.807) is 36.4 Å². The second-order valence-corrected chi connectivity index (χ2v) is 7.40. The predicted molar refractivity (Wildman–Crippen MR) is 120 cm³/mol. The van der Waals surface area contributed by atoms with Gasteiger partial charge in [-0.25, -0.2) is 0 Å².